The highest BCUT2D eigenvalue weighted by molar-refractivity contribution is 6.05. The molecule has 156 valence electrons. The van der Waals surface area contributed by atoms with E-state index in [0.29, 0.717) is 36.0 Å². The maximum absolute atomic E-state index is 12.8. The Hall–Kier alpha value is -3.47. The summed E-state index contributed by atoms with van der Waals surface area (Å²) < 4.78 is 17.0. The first-order chi connectivity index (χ1) is 14.5. The van der Waals surface area contributed by atoms with E-state index < -0.39 is 0 Å². The van der Waals surface area contributed by atoms with Crippen molar-refractivity contribution in [3.63, 3.8) is 0 Å². The predicted molar refractivity (Wildman–Crippen MR) is 119 cm³/mol. The largest absolute Gasteiger partial charge is 0.495 e. The second-order valence-corrected chi connectivity index (χ2v) is 7.02. The van der Waals surface area contributed by atoms with Gasteiger partial charge in [0.1, 0.15) is 23.9 Å². The van der Waals surface area contributed by atoms with Gasteiger partial charge in [-0.2, -0.15) is 0 Å². The number of carbonyl (C=O) groups excluding carboxylic acids is 1. The smallest absolute Gasteiger partial charge is 0.255 e. The summed E-state index contributed by atoms with van der Waals surface area (Å²) in [5.74, 6) is 1.87. The molecule has 0 radical (unpaired) electrons. The summed E-state index contributed by atoms with van der Waals surface area (Å²) in [7, 11) is 1.57. The zero-order valence-corrected chi connectivity index (χ0v) is 17.8. The molecule has 5 nitrogen and oxygen atoms in total. The quantitative estimate of drug-likeness (QED) is 0.534. The topological polar surface area (TPSA) is 56.8 Å². The van der Waals surface area contributed by atoms with Crippen molar-refractivity contribution in [2.45, 2.75) is 27.4 Å². The molecule has 0 fully saturated rings. The van der Waals surface area contributed by atoms with Crippen molar-refractivity contribution >= 4 is 11.6 Å². The Morgan fingerprint density at radius 3 is 2.33 bits per heavy atom. The molecule has 0 saturated carbocycles. The van der Waals surface area contributed by atoms with Crippen LogP contribution in [0, 0.1) is 13.8 Å². The van der Waals surface area contributed by atoms with Crippen LogP contribution in [0.4, 0.5) is 5.69 Å². The second-order valence-electron chi connectivity index (χ2n) is 7.02. The number of aryl methyl sites for hydroxylation is 2. The lowest BCUT2D eigenvalue weighted by Crippen LogP contribution is -2.13. The van der Waals surface area contributed by atoms with Crippen LogP contribution in [0.2, 0.25) is 0 Å². The SMILES string of the molecule is CCOc1ccc(C(=O)Nc2ccccc2OC)cc1COc1cc(C)cc(C)c1. The highest BCUT2D eigenvalue weighted by atomic mass is 16.5. The molecule has 3 aromatic rings. The van der Waals surface area contributed by atoms with Crippen molar-refractivity contribution in [2.24, 2.45) is 0 Å². The summed E-state index contributed by atoms with van der Waals surface area (Å²) in [6.07, 6.45) is 0. The summed E-state index contributed by atoms with van der Waals surface area (Å²) in [5, 5.41) is 2.90. The maximum atomic E-state index is 12.8. The van der Waals surface area contributed by atoms with Gasteiger partial charge in [-0.05, 0) is 74.4 Å². The molecule has 1 amide bonds. The minimum absolute atomic E-state index is 0.227. The van der Waals surface area contributed by atoms with E-state index in [1.165, 1.54) is 0 Å². The molecule has 5 heteroatoms. The normalized spacial score (nSPS) is 10.4. The lowest BCUT2D eigenvalue weighted by molar-refractivity contribution is 0.102. The molecule has 3 rings (SSSR count). The minimum atomic E-state index is -0.227. The van der Waals surface area contributed by atoms with E-state index in [2.05, 4.69) is 11.4 Å². The number of para-hydroxylation sites is 2. The predicted octanol–water partition coefficient (Wildman–Crippen LogP) is 5.54. The number of ether oxygens (including phenoxy) is 3. The van der Waals surface area contributed by atoms with E-state index in [9.17, 15) is 4.79 Å². The van der Waals surface area contributed by atoms with Gasteiger partial charge >= 0.3 is 0 Å². The molecule has 0 heterocycles. The highest BCUT2D eigenvalue weighted by Crippen LogP contribution is 2.26. The van der Waals surface area contributed by atoms with Crippen LogP contribution in [-0.4, -0.2) is 19.6 Å². The molecular weight excluding hydrogens is 378 g/mol. The molecule has 0 aliphatic heterocycles. The van der Waals surface area contributed by atoms with Gasteiger partial charge in [0.15, 0.2) is 0 Å². The third-order valence-corrected chi connectivity index (χ3v) is 4.57. The van der Waals surface area contributed by atoms with Crippen molar-refractivity contribution in [1.29, 1.82) is 0 Å². The number of rotatable bonds is 8. The van der Waals surface area contributed by atoms with Gasteiger partial charge in [-0.15, -0.1) is 0 Å². The van der Waals surface area contributed by atoms with Gasteiger partial charge in [-0.25, -0.2) is 0 Å². The average molecular weight is 405 g/mol. The molecule has 30 heavy (non-hydrogen) atoms. The molecule has 0 aliphatic carbocycles. The molecule has 1 N–H and O–H groups in total. The number of anilines is 1. The van der Waals surface area contributed by atoms with Crippen LogP contribution in [-0.2, 0) is 6.61 Å². The summed E-state index contributed by atoms with van der Waals surface area (Å²) in [4.78, 5) is 12.8. The average Bonchev–Trinajstić information content (AvgIpc) is 2.73. The Bertz CT molecular complexity index is 1010. The molecule has 0 spiro atoms. The van der Waals surface area contributed by atoms with Crippen molar-refractivity contribution in [1.82, 2.24) is 0 Å². The van der Waals surface area contributed by atoms with Gasteiger partial charge in [0.25, 0.3) is 5.91 Å². The first-order valence-corrected chi connectivity index (χ1v) is 9.91. The van der Waals surface area contributed by atoms with Gasteiger partial charge in [-0.1, -0.05) is 18.2 Å². The van der Waals surface area contributed by atoms with Crippen LogP contribution in [0.25, 0.3) is 0 Å². The molecule has 0 bridgehead atoms. The van der Waals surface area contributed by atoms with Crippen molar-refractivity contribution in [2.75, 3.05) is 19.0 Å². The van der Waals surface area contributed by atoms with E-state index in [1.807, 2.05) is 45.0 Å². The third-order valence-electron chi connectivity index (χ3n) is 4.57. The number of carbonyl (C=O) groups is 1. The summed E-state index contributed by atoms with van der Waals surface area (Å²) in [6.45, 7) is 6.83. The van der Waals surface area contributed by atoms with E-state index >= 15 is 0 Å². The third kappa shape index (κ3) is 5.32. The number of hydrogen-bond donors (Lipinski definition) is 1. The summed E-state index contributed by atoms with van der Waals surface area (Å²) in [5.41, 5.74) is 4.22. The highest BCUT2D eigenvalue weighted by Gasteiger charge is 2.13. The first-order valence-electron chi connectivity index (χ1n) is 9.91. The standard InChI is InChI=1S/C25H27NO4/c1-5-29-23-11-10-19(25(27)26-22-8-6-7-9-24(22)28-4)15-20(23)16-30-21-13-17(2)12-18(3)14-21/h6-15H,5,16H2,1-4H3,(H,26,27). The van der Waals surface area contributed by atoms with Gasteiger partial charge < -0.3 is 19.5 Å². The van der Waals surface area contributed by atoms with Crippen LogP contribution in [0.5, 0.6) is 17.2 Å². The molecule has 0 atom stereocenters. The van der Waals surface area contributed by atoms with Crippen LogP contribution < -0.4 is 19.5 Å². The number of benzene rings is 3. The Balaban J connectivity index is 1.81. The molecule has 0 unspecified atom stereocenters. The molecule has 0 saturated heterocycles. The fourth-order valence-electron chi connectivity index (χ4n) is 3.25. The van der Waals surface area contributed by atoms with Gasteiger partial charge in [0, 0.05) is 11.1 Å². The van der Waals surface area contributed by atoms with E-state index in [1.54, 1.807) is 37.4 Å². The van der Waals surface area contributed by atoms with E-state index in [0.717, 1.165) is 22.4 Å². The maximum Gasteiger partial charge on any atom is 0.255 e. The minimum Gasteiger partial charge on any atom is -0.495 e. The first kappa shape index (κ1) is 21.2. The summed E-state index contributed by atoms with van der Waals surface area (Å²) >= 11 is 0. The Morgan fingerprint density at radius 2 is 1.63 bits per heavy atom. The number of hydrogen-bond acceptors (Lipinski definition) is 4. The number of methoxy groups -OCH3 is 1. The van der Waals surface area contributed by atoms with Crippen LogP contribution in [0.15, 0.2) is 60.7 Å². The Kier molecular flexibility index (Phi) is 6.96. The Morgan fingerprint density at radius 1 is 0.900 bits per heavy atom. The van der Waals surface area contributed by atoms with Crippen molar-refractivity contribution < 1.29 is 19.0 Å². The summed E-state index contributed by atoms with van der Waals surface area (Å²) in [6, 6.07) is 18.7. The van der Waals surface area contributed by atoms with Gasteiger partial charge in [-0.3, -0.25) is 4.79 Å². The van der Waals surface area contributed by atoms with Crippen LogP contribution in [0.3, 0.4) is 0 Å². The second kappa shape index (κ2) is 9.83. The molecule has 0 aromatic heterocycles. The monoisotopic (exact) mass is 405 g/mol. The van der Waals surface area contributed by atoms with Crippen molar-refractivity contribution in [3.05, 3.63) is 82.9 Å². The zero-order chi connectivity index (χ0) is 21.5. The van der Waals surface area contributed by atoms with Gasteiger partial charge in [0.05, 0.1) is 19.4 Å². The van der Waals surface area contributed by atoms with Crippen LogP contribution in [0.1, 0.15) is 34.0 Å². The fraction of sp³-hybridized carbons (Fsp3) is 0.240. The van der Waals surface area contributed by atoms with Gasteiger partial charge in [0.2, 0.25) is 0 Å². The Labute approximate surface area is 177 Å². The lowest BCUT2D eigenvalue weighted by atomic mass is 10.1. The lowest BCUT2D eigenvalue weighted by Gasteiger charge is -2.15. The number of amides is 1. The van der Waals surface area contributed by atoms with Crippen LogP contribution >= 0.6 is 0 Å². The fourth-order valence-corrected chi connectivity index (χ4v) is 3.25. The van der Waals surface area contributed by atoms with E-state index in [-0.39, 0.29) is 5.91 Å². The van der Waals surface area contributed by atoms with E-state index in [4.69, 9.17) is 14.2 Å². The van der Waals surface area contributed by atoms with Crippen molar-refractivity contribution in [3.8, 4) is 17.2 Å². The molecular formula is C25H27NO4. The zero-order valence-electron chi connectivity index (χ0n) is 17.8. The molecule has 3 aromatic carbocycles. The number of nitrogens with one attached hydrogen (secondary N) is 1. The molecule has 0 aliphatic rings.